The summed E-state index contributed by atoms with van der Waals surface area (Å²) in [6, 6.07) is 21.5. The van der Waals surface area contributed by atoms with Crippen LogP contribution in [0.2, 0.25) is 0 Å². The molecule has 158 valence electrons. The van der Waals surface area contributed by atoms with Gasteiger partial charge in [0.15, 0.2) is 0 Å². The van der Waals surface area contributed by atoms with Gasteiger partial charge in [0.05, 0.1) is 16.1 Å². The third-order valence-electron chi connectivity index (χ3n) is 4.98. The maximum atomic E-state index is 12.9. The Kier molecular flexibility index (Phi) is 5.73. The minimum atomic E-state index is -3.93. The fourth-order valence-corrected chi connectivity index (χ4v) is 4.50. The molecular formula is C23H21N3O4S. The van der Waals surface area contributed by atoms with E-state index in [1.165, 1.54) is 18.2 Å². The van der Waals surface area contributed by atoms with E-state index < -0.39 is 15.9 Å². The Bertz CT molecular complexity index is 1210. The smallest absolute Gasteiger partial charge is 0.261 e. The van der Waals surface area contributed by atoms with Crippen molar-refractivity contribution in [2.24, 2.45) is 0 Å². The Labute approximate surface area is 180 Å². The molecular weight excluding hydrogens is 414 g/mol. The van der Waals surface area contributed by atoms with E-state index >= 15 is 0 Å². The predicted octanol–water partition coefficient (Wildman–Crippen LogP) is 3.87. The van der Waals surface area contributed by atoms with Crippen LogP contribution in [0, 0.1) is 0 Å². The molecule has 0 radical (unpaired) electrons. The highest BCUT2D eigenvalue weighted by molar-refractivity contribution is 7.92. The molecule has 0 bridgehead atoms. The zero-order valence-corrected chi connectivity index (χ0v) is 17.4. The number of benzene rings is 3. The number of sulfonamides is 1. The van der Waals surface area contributed by atoms with Crippen LogP contribution in [0.15, 0.2) is 83.8 Å². The van der Waals surface area contributed by atoms with E-state index in [1.807, 2.05) is 6.07 Å². The number of nitrogens with zero attached hydrogens (tertiary/aromatic N) is 1. The summed E-state index contributed by atoms with van der Waals surface area (Å²) in [6.45, 7) is 0.632. The molecule has 31 heavy (non-hydrogen) atoms. The highest BCUT2D eigenvalue weighted by atomic mass is 32.2. The first kappa shape index (κ1) is 20.6. The van der Waals surface area contributed by atoms with Crippen molar-refractivity contribution in [1.82, 2.24) is 0 Å². The van der Waals surface area contributed by atoms with Crippen LogP contribution in [0.3, 0.4) is 0 Å². The second kappa shape index (κ2) is 8.61. The second-order valence-electron chi connectivity index (χ2n) is 7.11. The topological polar surface area (TPSA) is 95.6 Å². The van der Waals surface area contributed by atoms with Gasteiger partial charge in [0.2, 0.25) is 5.91 Å². The standard InChI is InChI=1S/C23H21N3O4S/c27-22-11-6-16-26(22)18-12-14-19(15-13-18)31(29,30)25-21-10-5-4-9-20(21)23(28)24-17-7-2-1-3-8-17/h1-5,7-10,12-15,25H,6,11,16H2,(H,24,28). The number of carbonyl (C=O) groups excluding carboxylic acids is 2. The van der Waals surface area contributed by atoms with Gasteiger partial charge in [0.1, 0.15) is 0 Å². The maximum absolute atomic E-state index is 12.9. The van der Waals surface area contributed by atoms with Gasteiger partial charge in [-0.3, -0.25) is 14.3 Å². The molecule has 8 heteroatoms. The van der Waals surface area contributed by atoms with Crippen molar-refractivity contribution in [3.63, 3.8) is 0 Å². The lowest BCUT2D eigenvalue weighted by molar-refractivity contribution is -0.117. The van der Waals surface area contributed by atoms with Gasteiger partial charge in [-0.25, -0.2) is 8.42 Å². The molecule has 1 fully saturated rings. The minimum Gasteiger partial charge on any atom is -0.322 e. The van der Waals surface area contributed by atoms with Crippen molar-refractivity contribution < 1.29 is 18.0 Å². The molecule has 7 nitrogen and oxygen atoms in total. The van der Waals surface area contributed by atoms with E-state index in [1.54, 1.807) is 59.5 Å². The van der Waals surface area contributed by atoms with Crippen molar-refractivity contribution in [3.05, 3.63) is 84.4 Å². The quantitative estimate of drug-likeness (QED) is 0.614. The normalized spacial score (nSPS) is 13.8. The van der Waals surface area contributed by atoms with Gasteiger partial charge >= 0.3 is 0 Å². The van der Waals surface area contributed by atoms with E-state index in [-0.39, 0.29) is 22.1 Å². The number of amides is 2. The number of hydrogen-bond acceptors (Lipinski definition) is 4. The van der Waals surface area contributed by atoms with E-state index in [4.69, 9.17) is 0 Å². The fourth-order valence-electron chi connectivity index (χ4n) is 3.42. The lowest BCUT2D eigenvalue weighted by Crippen LogP contribution is -2.23. The summed E-state index contributed by atoms with van der Waals surface area (Å²) < 4.78 is 28.3. The molecule has 0 aromatic heterocycles. The van der Waals surface area contributed by atoms with Gasteiger partial charge in [-0.1, -0.05) is 30.3 Å². The molecule has 0 unspecified atom stereocenters. The van der Waals surface area contributed by atoms with E-state index in [0.29, 0.717) is 24.3 Å². The summed E-state index contributed by atoms with van der Waals surface area (Å²) in [5, 5.41) is 2.76. The molecule has 3 aromatic carbocycles. The van der Waals surface area contributed by atoms with E-state index in [2.05, 4.69) is 10.0 Å². The molecule has 0 aliphatic carbocycles. The number of hydrogen-bond donors (Lipinski definition) is 2. The molecule has 0 spiro atoms. The first-order chi connectivity index (χ1) is 14.9. The van der Waals surface area contributed by atoms with Gasteiger partial charge in [0.25, 0.3) is 15.9 Å². The average Bonchev–Trinajstić information content (AvgIpc) is 3.20. The first-order valence-corrected chi connectivity index (χ1v) is 11.3. The van der Waals surface area contributed by atoms with Crippen molar-refractivity contribution in [1.29, 1.82) is 0 Å². The zero-order chi connectivity index (χ0) is 21.8. The summed E-state index contributed by atoms with van der Waals surface area (Å²) in [7, 11) is -3.93. The summed E-state index contributed by atoms with van der Waals surface area (Å²) in [5.41, 5.74) is 1.66. The predicted molar refractivity (Wildman–Crippen MR) is 120 cm³/mol. The lowest BCUT2D eigenvalue weighted by atomic mass is 10.1. The Morgan fingerprint density at radius 3 is 2.23 bits per heavy atom. The summed E-state index contributed by atoms with van der Waals surface area (Å²) in [6.07, 6.45) is 1.30. The highest BCUT2D eigenvalue weighted by Crippen LogP contribution is 2.25. The van der Waals surface area contributed by atoms with Crippen molar-refractivity contribution in [2.45, 2.75) is 17.7 Å². The Morgan fingerprint density at radius 1 is 0.871 bits per heavy atom. The molecule has 3 aromatic rings. The van der Waals surface area contributed by atoms with Crippen molar-refractivity contribution in [2.75, 3.05) is 21.5 Å². The fraction of sp³-hybridized carbons (Fsp3) is 0.130. The zero-order valence-electron chi connectivity index (χ0n) is 16.6. The van der Waals surface area contributed by atoms with Crippen LogP contribution in [-0.2, 0) is 14.8 Å². The van der Waals surface area contributed by atoms with Crippen molar-refractivity contribution >= 4 is 38.9 Å². The molecule has 0 atom stereocenters. The molecule has 0 saturated carbocycles. The van der Waals surface area contributed by atoms with E-state index in [0.717, 1.165) is 6.42 Å². The van der Waals surface area contributed by atoms with Crippen molar-refractivity contribution in [3.8, 4) is 0 Å². The largest absolute Gasteiger partial charge is 0.322 e. The Morgan fingerprint density at radius 2 is 1.55 bits per heavy atom. The van der Waals surface area contributed by atoms with Gasteiger partial charge in [0, 0.05) is 24.3 Å². The molecule has 2 amide bonds. The minimum absolute atomic E-state index is 0.0343. The van der Waals surface area contributed by atoms with Crippen LogP contribution in [0.25, 0.3) is 0 Å². The van der Waals surface area contributed by atoms with E-state index in [9.17, 15) is 18.0 Å². The lowest BCUT2D eigenvalue weighted by Gasteiger charge is -2.16. The van der Waals surface area contributed by atoms with Crippen LogP contribution >= 0.6 is 0 Å². The molecule has 1 aliphatic rings. The number of rotatable bonds is 6. The number of para-hydroxylation sites is 2. The first-order valence-electron chi connectivity index (χ1n) is 9.83. The van der Waals surface area contributed by atoms with Gasteiger partial charge in [-0.05, 0) is 55.0 Å². The van der Waals surface area contributed by atoms with Crippen LogP contribution < -0.4 is 14.9 Å². The third-order valence-corrected chi connectivity index (χ3v) is 6.36. The molecule has 4 rings (SSSR count). The van der Waals surface area contributed by atoms with Crippen LogP contribution in [0.4, 0.5) is 17.1 Å². The second-order valence-corrected chi connectivity index (χ2v) is 8.80. The van der Waals surface area contributed by atoms with Crippen LogP contribution in [0.5, 0.6) is 0 Å². The number of anilines is 3. The maximum Gasteiger partial charge on any atom is 0.261 e. The summed E-state index contributed by atoms with van der Waals surface area (Å²) >= 11 is 0. The van der Waals surface area contributed by atoms with Gasteiger partial charge in [-0.15, -0.1) is 0 Å². The molecule has 1 heterocycles. The molecule has 1 saturated heterocycles. The molecule has 1 aliphatic heterocycles. The monoisotopic (exact) mass is 435 g/mol. The van der Waals surface area contributed by atoms with Crippen LogP contribution in [-0.4, -0.2) is 26.8 Å². The SMILES string of the molecule is O=C(Nc1ccccc1)c1ccccc1NS(=O)(=O)c1ccc(N2CCCC2=O)cc1. The molecule has 2 N–H and O–H groups in total. The van der Waals surface area contributed by atoms with Gasteiger partial charge in [-0.2, -0.15) is 0 Å². The van der Waals surface area contributed by atoms with Gasteiger partial charge < -0.3 is 10.2 Å². The van der Waals surface area contributed by atoms with Crippen LogP contribution in [0.1, 0.15) is 23.2 Å². The average molecular weight is 436 g/mol. The number of carbonyl (C=O) groups is 2. The highest BCUT2D eigenvalue weighted by Gasteiger charge is 2.23. The Hall–Kier alpha value is -3.65. The number of nitrogens with one attached hydrogen (secondary N) is 2. The Balaban J connectivity index is 1.54. The summed E-state index contributed by atoms with van der Waals surface area (Å²) in [4.78, 5) is 26.3. The summed E-state index contributed by atoms with van der Waals surface area (Å²) in [5.74, 6) is -0.389. The third kappa shape index (κ3) is 4.59.